The Morgan fingerprint density at radius 1 is 1.47 bits per heavy atom. The predicted octanol–water partition coefficient (Wildman–Crippen LogP) is 2.43. The van der Waals surface area contributed by atoms with Crippen LogP contribution in [0.2, 0.25) is 0 Å². The molecule has 1 aromatic rings. The van der Waals surface area contributed by atoms with Crippen LogP contribution in [0.1, 0.15) is 18.4 Å². The summed E-state index contributed by atoms with van der Waals surface area (Å²) in [6.45, 7) is 3.20. The van der Waals surface area contributed by atoms with Gasteiger partial charge in [-0.1, -0.05) is 12.1 Å². The Bertz CT molecular complexity index is 398. The number of benzene rings is 1. The summed E-state index contributed by atoms with van der Waals surface area (Å²) in [6.07, 6.45) is 2.85. The third-order valence-corrected chi connectivity index (χ3v) is 2.71. The van der Waals surface area contributed by atoms with Gasteiger partial charge in [0.05, 0.1) is 13.2 Å². The second-order valence-corrected chi connectivity index (χ2v) is 4.21. The van der Waals surface area contributed by atoms with Crippen LogP contribution in [0.15, 0.2) is 36.1 Å². The van der Waals surface area contributed by atoms with Gasteiger partial charge >= 0.3 is 0 Å². The van der Waals surface area contributed by atoms with Gasteiger partial charge in [0.15, 0.2) is 0 Å². The maximum Gasteiger partial charge on any atom is 0.121 e. The lowest BCUT2D eigenvalue weighted by Gasteiger charge is -2.13. The third-order valence-electron chi connectivity index (χ3n) is 2.71. The first kappa shape index (κ1) is 12.0. The van der Waals surface area contributed by atoms with Crippen molar-refractivity contribution in [3.8, 4) is 5.75 Å². The molecule has 0 radical (unpaired) electrons. The van der Waals surface area contributed by atoms with Crippen LogP contribution in [0.4, 0.5) is 0 Å². The van der Waals surface area contributed by atoms with E-state index in [2.05, 4.69) is 0 Å². The van der Waals surface area contributed by atoms with Crippen molar-refractivity contribution < 1.29 is 14.6 Å². The van der Waals surface area contributed by atoms with Gasteiger partial charge in [-0.05, 0) is 30.7 Å². The monoisotopic (exact) mass is 234 g/mol. The highest BCUT2D eigenvalue weighted by Gasteiger charge is 2.15. The first-order valence-electron chi connectivity index (χ1n) is 5.96. The van der Waals surface area contributed by atoms with Gasteiger partial charge in [-0.15, -0.1) is 0 Å². The largest absolute Gasteiger partial charge is 0.495 e. The first-order chi connectivity index (χ1) is 8.25. The van der Waals surface area contributed by atoms with Crippen LogP contribution >= 0.6 is 0 Å². The molecular formula is C14H18O3. The number of hydrogen-bond acceptors (Lipinski definition) is 3. The fraction of sp³-hybridized carbons (Fsp3) is 0.429. The summed E-state index contributed by atoms with van der Waals surface area (Å²) in [5.74, 6) is 1.54. The molecule has 2 rings (SSSR count). The van der Waals surface area contributed by atoms with E-state index in [9.17, 15) is 5.11 Å². The molecule has 1 unspecified atom stereocenters. The summed E-state index contributed by atoms with van der Waals surface area (Å²) in [5.41, 5.74) is 1.17. The fourth-order valence-electron chi connectivity index (χ4n) is 1.80. The molecule has 0 bridgehead atoms. The highest BCUT2D eigenvalue weighted by Crippen LogP contribution is 2.17. The molecule has 1 aromatic carbocycles. The van der Waals surface area contributed by atoms with E-state index in [-0.39, 0.29) is 0 Å². The molecular weight excluding hydrogens is 216 g/mol. The molecule has 0 spiro atoms. The predicted molar refractivity (Wildman–Crippen MR) is 65.9 cm³/mol. The van der Waals surface area contributed by atoms with E-state index in [1.54, 1.807) is 0 Å². The van der Waals surface area contributed by atoms with Crippen molar-refractivity contribution in [2.75, 3.05) is 13.2 Å². The number of ether oxygens (including phenoxy) is 2. The van der Waals surface area contributed by atoms with E-state index in [0.29, 0.717) is 25.4 Å². The summed E-state index contributed by atoms with van der Waals surface area (Å²) in [4.78, 5) is 0. The quantitative estimate of drug-likeness (QED) is 0.850. The number of aliphatic hydroxyl groups is 1. The Labute approximate surface area is 102 Å². The third kappa shape index (κ3) is 3.49. The molecule has 92 valence electrons. The van der Waals surface area contributed by atoms with E-state index >= 15 is 0 Å². The minimum Gasteiger partial charge on any atom is -0.495 e. The summed E-state index contributed by atoms with van der Waals surface area (Å²) in [7, 11) is 0. The Morgan fingerprint density at radius 2 is 2.35 bits per heavy atom. The topological polar surface area (TPSA) is 38.7 Å². The maximum atomic E-state index is 9.81. The zero-order valence-electron chi connectivity index (χ0n) is 10.1. The SMILES string of the molecule is Cc1cccc(OCCC(O)C2=CCCO2)c1. The Balaban J connectivity index is 1.75. The Hall–Kier alpha value is -1.48. The lowest BCUT2D eigenvalue weighted by Crippen LogP contribution is -2.15. The van der Waals surface area contributed by atoms with E-state index in [1.807, 2.05) is 37.3 Å². The van der Waals surface area contributed by atoms with Crippen LogP contribution in [0, 0.1) is 6.92 Å². The summed E-state index contributed by atoms with van der Waals surface area (Å²) in [6, 6.07) is 7.89. The van der Waals surface area contributed by atoms with Crippen molar-refractivity contribution in [1.82, 2.24) is 0 Å². The molecule has 17 heavy (non-hydrogen) atoms. The van der Waals surface area contributed by atoms with Crippen LogP contribution in [-0.4, -0.2) is 24.4 Å². The summed E-state index contributed by atoms with van der Waals surface area (Å²) < 4.78 is 10.9. The van der Waals surface area contributed by atoms with Gasteiger partial charge in [-0.3, -0.25) is 0 Å². The van der Waals surface area contributed by atoms with Gasteiger partial charge in [-0.2, -0.15) is 0 Å². The highest BCUT2D eigenvalue weighted by atomic mass is 16.5. The number of hydrogen-bond donors (Lipinski definition) is 1. The lowest BCUT2D eigenvalue weighted by molar-refractivity contribution is 0.0988. The van der Waals surface area contributed by atoms with Crippen molar-refractivity contribution in [3.05, 3.63) is 41.7 Å². The van der Waals surface area contributed by atoms with Gasteiger partial charge < -0.3 is 14.6 Å². The average molecular weight is 234 g/mol. The maximum absolute atomic E-state index is 9.81. The number of aryl methyl sites for hydroxylation is 1. The minimum absolute atomic E-state index is 0.491. The van der Waals surface area contributed by atoms with Crippen LogP contribution in [-0.2, 0) is 4.74 Å². The van der Waals surface area contributed by atoms with E-state index in [1.165, 1.54) is 5.56 Å². The molecule has 3 nitrogen and oxygen atoms in total. The fourth-order valence-corrected chi connectivity index (χ4v) is 1.80. The molecule has 0 fully saturated rings. The van der Waals surface area contributed by atoms with Crippen LogP contribution in [0.25, 0.3) is 0 Å². The lowest BCUT2D eigenvalue weighted by atomic mass is 10.2. The molecule has 3 heteroatoms. The van der Waals surface area contributed by atoms with Crippen molar-refractivity contribution in [2.45, 2.75) is 25.9 Å². The summed E-state index contributed by atoms with van der Waals surface area (Å²) in [5, 5.41) is 9.81. The van der Waals surface area contributed by atoms with Gasteiger partial charge in [0.25, 0.3) is 0 Å². The molecule has 0 saturated carbocycles. The van der Waals surface area contributed by atoms with E-state index < -0.39 is 6.10 Å². The van der Waals surface area contributed by atoms with E-state index in [0.717, 1.165) is 12.2 Å². The number of rotatable bonds is 5. The van der Waals surface area contributed by atoms with Crippen molar-refractivity contribution in [3.63, 3.8) is 0 Å². The summed E-state index contributed by atoms with van der Waals surface area (Å²) >= 11 is 0. The molecule has 1 N–H and O–H groups in total. The Morgan fingerprint density at radius 3 is 3.06 bits per heavy atom. The van der Waals surface area contributed by atoms with Crippen molar-refractivity contribution in [1.29, 1.82) is 0 Å². The first-order valence-corrected chi connectivity index (χ1v) is 5.96. The second kappa shape index (κ2) is 5.73. The van der Waals surface area contributed by atoms with Crippen molar-refractivity contribution in [2.24, 2.45) is 0 Å². The smallest absolute Gasteiger partial charge is 0.121 e. The van der Waals surface area contributed by atoms with Gasteiger partial charge in [0.1, 0.15) is 17.6 Å². The van der Waals surface area contributed by atoms with Crippen LogP contribution in [0.3, 0.4) is 0 Å². The molecule has 1 aliphatic heterocycles. The molecule has 1 atom stereocenters. The molecule has 0 saturated heterocycles. The van der Waals surface area contributed by atoms with Gasteiger partial charge in [-0.25, -0.2) is 0 Å². The molecule has 0 aliphatic carbocycles. The minimum atomic E-state index is -0.540. The standard InChI is InChI=1S/C14H18O3/c1-11-4-2-5-12(10-11)16-9-7-13(15)14-6-3-8-17-14/h2,4-6,10,13,15H,3,7-9H2,1H3. The molecule has 1 heterocycles. The zero-order valence-corrected chi connectivity index (χ0v) is 10.1. The van der Waals surface area contributed by atoms with E-state index in [4.69, 9.17) is 9.47 Å². The second-order valence-electron chi connectivity index (χ2n) is 4.21. The normalized spacial score (nSPS) is 16.2. The zero-order chi connectivity index (χ0) is 12.1. The number of aliphatic hydroxyl groups excluding tert-OH is 1. The molecule has 1 aliphatic rings. The van der Waals surface area contributed by atoms with Gasteiger partial charge in [0.2, 0.25) is 0 Å². The molecule has 0 aromatic heterocycles. The highest BCUT2D eigenvalue weighted by molar-refractivity contribution is 5.27. The van der Waals surface area contributed by atoms with Crippen molar-refractivity contribution >= 4 is 0 Å². The van der Waals surface area contributed by atoms with Gasteiger partial charge in [0, 0.05) is 12.8 Å². The van der Waals surface area contributed by atoms with Crippen LogP contribution in [0.5, 0.6) is 5.75 Å². The van der Waals surface area contributed by atoms with Crippen LogP contribution < -0.4 is 4.74 Å². The Kier molecular flexibility index (Phi) is 4.04. The average Bonchev–Trinajstić information content (AvgIpc) is 2.82. The molecule has 0 amide bonds.